The molecule has 2 aliphatic carbocycles. The van der Waals surface area contributed by atoms with Crippen molar-refractivity contribution in [1.82, 2.24) is 29.6 Å². The fourth-order valence-corrected chi connectivity index (χ4v) is 7.20. The topological polar surface area (TPSA) is 149 Å². The zero-order valence-corrected chi connectivity index (χ0v) is 26.5. The molecule has 3 aliphatic rings. The van der Waals surface area contributed by atoms with Crippen LogP contribution in [0.2, 0.25) is 0 Å². The van der Waals surface area contributed by atoms with Gasteiger partial charge in [-0.1, -0.05) is 12.1 Å². The number of piperazine rings is 1. The lowest BCUT2D eigenvalue weighted by Crippen LogP contribution is -2.61. The Kier molecular flexibility index (Phi) is 9.45. The van der Waals surface area contributed by atoms with Gasteiger partial charge in [-0.25, -0.2) is 9.59 Å². The maximum atomic E-state index is 12.9. The van der Waals surface area contributed by atoms with Crippen LogP contribution in [0.5, 0.6) is 0 Å². The smallest absolute Gasteiger partial charge is 0.354 e. The van der Waals surface area contributed by atoms with Gasteiger partial charge >= 0.3 is 11.7 Å². The van der Waals surface area contributed by atoms with Crippen molar-refractivity contribution >= 4 is 17.8 Å². The minimum absolute atomic E-state index is 0.146. The van der Waals surface area contributed by atoms with Crippen molar-refractivity contribution in [1.29, 1.82) is 0 Å². The quantitative estimate of drug-likeness (QED) is 0.316. The van der Waals surface area contributed by atoms with Crippen molar-refractivity contribution in [3.8, 4) is 5.69 Å². The van der Waals surface area contributed by atoms with Crippen LogP contribution in [-0.2, 0) is 11.2 Å². The first kappa shape index (κ1) is 32.1. The summed E-state index contributed by atoms with van der Waals surface area (Å²) < 4.78 is 1.45. The molecule has 1 aromatic carbocycles. The van der Waals surface area contributed by atoms with Gasteiger partial charge in [0.2, 0.25) is 5.91 Å². The number of carbonyl (C=O) groups excluding carboxylic acids is 2. The number of benzene rings is 1. The van der Waals surface area contributed by atoms with Crippen LogP contribution in [0.15, 0.2) is 41.3 Å². The standard InChI is InChI=1S/C32H48N8O4/c1-22(39(15-16-41)26-20-32(21-26)18-24(19-32)34-4)17-23-5-7-25(8-6-23)40-10-9-27(36-30(40)44)35-29(43)38-13-11-37(12-14-38)28(42)31(2,3)33/h5-10,22,24,26,34,41H,11-21,33H2,1-4H3,(H,35,36,43,44). The molecule has 1 unspecified atom stereocenters. The van der Waals surface area contributed by atoms with E-state index >= 15 is 0 Å². The van der Waals surface area contributed by atoms with Crippen LogP contribution in [0.4, 0.5) is 10.6 Å². The second-order valence-electron chi connectivity index (χ2n) is 13.5. The Bertz CT molecular complexity index is 1370. The first-order valence-corrected chi connectivity index (χ1v) is 15.8. The van der Waals surface area contributed by atoms with Gasteiger partial charge in [0.15, 0.2) is 0 Å². The summed E-state index contributed by atoms with van der Waals surface area (Å²) in [5.74, 6) is 0.0287. The van der Waals surface area contributed by atoms with Gasteiger partial charge in [-0.3, -0.25) is 19.6 Å². The zero-order valence-electron chi connectivity index (χ0n) is 26.5. The van der Waals surface area contributed by atoms with Crippen LogP contribution in [0.1, 0.15) is 52.0 Å². The van der Waals surface area contributed by atoms with Gasteiger partial charge < -0.3 is 26.0 Å². The summed E-state index contributed by atoms with van der Waals surface area (Å²) in [5.41, 5.74) is 6.84. The third-order valence-corrected chi connectivity index (χ3v) is 9.69. The van der Waals surface area contributed by atoms with E-state index in [1.807, 2.05) is 31.3 Å². The Morgan fingerprint density at radius 1 is 1.09 bits per heavy atom. The van der Waals surface area contributed by atoms with Crippen molar-refractivity contribution in [3.05, 3.63) is 52.6 Å². The Hall–Kier alpha value is -3.32. The molecule has 12 heteroatoms. The van der Waals surface area contributed by atoms with Crippen LogP contribution in [-0.4, -0.2) is 111 Å². The van der Waals surface area contributed by atoms with E-state index < -0.39 is 11.2 Å². The second-order valence-corrected chi connectivity index (χ2v) is 13.5. The normalized spacial score (nSPS) is 24.2. The molecule has 3 fully saturated rings. The Morgan fingerprint density at radius 3 is 2.30 bits per heavy atom. The highest BCUT2D eigenvalue weighted by Gasteiger charge is 2.54. The van der Waals surface area contributed by atoms with Crippen molar-refractivity contribution in [2.75, 3.05) is 51.7 Å². The molecule has 1 aromatic heterocycles. The van der Waals surface area contributed by atoms with E-state index in [0.717, 1.165) is 6.42 Å². The highest BCUT2D eigenvalue weighted by atomic mass is 16.3. The molecule has 0 bridgehead atoms. The molecule has 1 aliphatic heterocycles. The lowest BCUT2D eigenvalue weighted by Gasteiger charge is -2.60. The summed E-state index contributed by atoms with van der Waals surface area (Å²) in [6.45, 7) is 7.94. The lowest BCUT2D eigenvalue weighted by molar-refractivity contribution is -0.137. The fraction of sp³-hybridized carbons (Fsp3) is 0.625. The van der Waals surface area contributed by atoms with Crippen LogP contribution >= 0.6 is 0 Å². The number of hydrogen-bond acceptors (Lipinski definition) is 8. The highest BCUT2D eigenvalue weighted by Crippen LogP contribution is 2.57. The lowest BCUT2D eigenvalue weighted by atomic mass is 9.51. The minimum atomic E-state index is -0.954. The third kappa shape index (κ3) is 6.98. The first-order chi connectivity index (χ1) is 20.9. The molecule has 2 aromatic rings. The molecule has 5 rings (SSSR count). The summed E-state index contributed by atoms with van der Waals surface area (Å²) >= 11 is 0. The number of rotatable bonds is 10. The number of nitrogens with zero attached hydrogens (tertiary/aromatic N) is 5. The summed E-state index contributed by atoms with van der Waals surface area (Å²) in [4.78, 5) is 47.8. The van der Waals surface area contributed by atoms with E-state index in [2.05, 4.69) is 27.4 Å². The van der Waals surface area contributed by atoms with Gasteiger partial charge in [0.05, 0.1) is 17.8 Å². The highest BCUT2D eigenvalue weighted by molar-refractivity contribution is 5.89. The molecule has 240 valence electrons. The largest absolute Gasteiger partial charge is 0.395 e. The van der Waals surface area contributed by atoms with Crippen molar-refractivity contribution in [2.24, 2.45) is 11.1 Å². The molecular formula is C32H48N8O4. The van der Waals surface area contributed by atoms with Gasteiger partial charge in [0.1, 0.15) is 5.82 Å². The molecule has 3 amide bonds. The fourth-order valence-electron chi connectivity index (χ4n) is 7.20. The average molecular weight is 609 g/mol. The molecule has 0 radical (unpaired) electrons. The Morgan fingerprint density at radius 2 is 1.73 bits per heavy atom. The Balaban J connectivity index is 1.13. The SMILES string of the molecule is CNC1CC2(C1)CC(N(CCO)C(C)Cc1ccc(-n3ccc(NC(=O)N4CCN(C(=O)C(C)(C)N)CC4)nc3=O)cc1)C2. The number of aliphatic hydroxyl groups is 1. The molecule has 44 heavy (non-hydrogen) atoms. The molecule has 5 N–H and O–H groups in total. The van der Waals surface area contributed by atoms with Gasteiger partial charge in [-0.2, -0.15) is 4.98 Å². The second kappa shape index (κ2) is 13.0. The predicted molar refractivity (Wildman–Crippen MR) is 170 cm³/mol. The molecule has 1 spiro atoms. The number of amides is 3. The molecule has 1 atom stereocenters. The summed E-state index contributed by atoms with van der Waals surface area (Å²) in [5, 5.41) is 15.8. The maximum Gasteiger partial charge on any atom is 0.354 e. The van der Waals surface area contributed by atoms with Gasteiger partial charge in [-0.05, 0) is 89.1 Å². The third-order valence-electron chi connectivity index (χ3n) is 9.69. The van der Waals surface area contributed by atoms with E-state index in [4.69, 9.17) is 5.73 Å². The van der Waals surface area contributed by atoms with Crippen molar-refractivity contribution in [2.45, 2.75) is 76.5 Å². The number of anilines is 1. The number of carbonyl (C=O) groups is 2. The maximum absolute atomic E-state index is 12.9. The number of nitrogens with one attached hydrogen (secondary N) is 2. The van der Waals surface area contributed by atoms with Gasteiger partial charge in [0, 0.05) is 57.0 Å². The molecule has 1 saturated heterocycles. The number of urea groups is 1. The Labute approximate surface area is 259 Å². The molecule has 12 nitrogen and oxygen atoms in total. The number of hydrogen-bond donors (Lipinski definition) is 4. The number of aliphatic hydroxyl groups excluding tert-OH is 1. The predicted octanol–water partition coefficient (Wildman–Crippen LogP) is 1.40. The van der Waals surface area contributed by atoms with E-state index in [1.54, 1.807) is 35.9 Å². The minimum Gasteiger partial charge on any atom is -0.395 e. The molecule has 2 heterocycles. The summed E-state index contributed by atoms with van der Waals surface area (Å²) in [6, 6.07) is 10.6. The summed E-state index contributed by atoms with van der Waals surface area (Å²) in [7, 11) is 2.04. The van der Waals surface area contributed by atoms with Crippen LogP contribution in [0, 0.1) is 5.41 Å². The summed E-state index contributed by atoms with van der Waals surface area (Å²) in [6.07, 6.45) is 7.42. The van der Waals surface area contributed by atoms with Crippen LogP contribution in [0.25, 0.3) is 5.69 Å². The monoisotopic (exact) mass is 608 g/mol. The van der Waals surface area contributed by atoms with Crippen LogP contribution < -0.4 is 22.1 Å². The van der Waals surface area contributed by atoms with Crippen LogP contribution in [0.3, 0.4) is 0 Å². The van der Waals surface area contributed by atoms with Crippen molar-refractivity contribution in [3.63, 3.8) is 0 Å². The number of aromatic nitrogens is 2. The average Bonchev–Trinajstić information content (AvgIpc) is 2.95. The zero-order chi connectivity index (χ0) is 31.6. The number of nitrogens with two attached hydrogens (primary N) is 1. The van der Waals surface area contributed by atoms with Crippen molar-refractivity contribution < 1.29 is 14.7 Å². The van der Waals surface area contributed by atoms with Gasteiger partial charge in [-0.15, -0.1) is 0 Å². The van der Waals surface area contributed by atoms with E-state index in [-0.39, 0.29) is 24.4 Å². The first-order valence-electron chi connectivity index (χ1n) is 15.8. The van der Waals surface area contributed by atoms with Gasteiger partial charge in [0.25, 0.3) is 0 Å². The van der Waals surface area contributed by atoms with E-state index in [1.165, 1.54) is 35.8 Å². The molecular weight excluding hydrogens is 560 g/mol. The van der Waals surface area contributed by atoms with E-state index in [9.17, 15) is 19.5 Å². The van der Waals surface area contributed by atoms with E-state index in [0.29, 0.717) is 62.0 Å². The molecule has 2 saturated carbocycles.